The van der Waals surface area contributed by atoms with Gasteiger partial charge in [-0.25, -0.2) is 4.79 Å². The summed E-state index contributed by atoms with van der Waals surface area (Å²) >= 11 is 0. The minimum Gasteiger partial charge on any atom is -0.491 e. The molecule has 0 aromatic heterocycles. The van der Waals surface area contributed by atoms with Crippen molar-refractivity contribution >= 4 is 11.8 Å². The maximum absolute atomic E-state index is 11.7. The average molecular weight is 341 g/mol. The Morgan fingerprint density at radius 2 is 1.80 bits per heavy atom. The lowest BCUT2D eigenvalue weighted by Crippen LogP contribution is -2.27. The molecule has 2 aromatic rings. The molecule has 0 bridgehead atoms. The van der Waals surface area contributed by atoms with Crippen molar-refractivity contribution in [1.29, 1.82) is 0 Å². The van der Waals surface area contributed by atoms with Crippen LogP contribution in [0.5, 0.6) is 5.75 Å². The summed E-state index contributed by atoms with van der Waals surface area (Å²) in [6, 6.07) is 15.1. The fourth-order valence-corrected chi connectivity index (χ4v) is 2.89. The molecule has 0 saturated heterocycles. The summed E-state index contributed by atoms with van der Waals surface area (Å²) in [7, 11) is 0. The van der Waals surface area contributed by atoms with Gasteiger partial charge in [0.05, 0.1) is 0 Å². The first-order valence-corrected chi connectivity index (χ1v) is 8.62. The largest absolute Gasteiger partial charge is 0.491 e. The highest BCUT2D eigenvalue weighted by molar-refractivity contribution is 5.84. The van der Waals surface area contributed by atoms with Crippen LogP contribution in [0.1, 0.15) is 24.0 Å². The number of amides is 1. The Morgan fingerprint density at radius 3 is 2.60 bits per heavy atom. The van der Waals surface area contributed by atoms with Crippen LogP contribution in [0.25, 0.3) is 0 Å². The number of carbonyl (C=O) groups excluding carboxylic acids is 1. The quantitative estimate of drug-likeness (QED) is 0.843. The summed E-state index contributed by atoms with van der Waals surface area (Å²) in [5.41, 5.74) is 3.36. The maximum atomic E-state index is 11.7. The number of aliphatic hydroxyl groups excluding tert-OH is 1. The molecule has 1 unspecified atom stereocenters. The molecule has 0 saturated carbocycles. The number of rotatable bonds is 6. The van der Waals surface area contributed by atoms with Crippen LogP contribution in [0.2, 0.25) is 0 Å². The van der Waals surface area contributed by atoms with E-state index in [1.54, 1.807) is 12.1 Å². The van der Waals surface area contributed by atoms with E-state index in [9.17, 15) is 9.90 Å². The molecule has 5 heteroatoms. The van der Waals surface area contributed by atoms with E-state index in [1.165, 1.54) is 24.0 Å². The summed E-state index contributed by atoms with van der Waals surface area (Å²) in [6.45, 7) is -0.0407. The molecule has 0 fully saturated rings. The van der Waals surface area contributed by atoms with E-state index in [0.717, 1.165) is 18.6 Å². The number of aryl methyl sites for hydroxylation is 2. The second-order valence-corrected chi connectivity index (χ2v) is 6.19. The Morgan fingerprint density at radius 1 is 1.04 bits per heavy atom. The van der Waals surface area contributed by atoms with Gasteiger partial charge in [0.1, 0.15) is 25.1 Å². The average Bonchev–Trinajstić information content (AvgIpc) is 2.65. The molecule has 1 amide bonds. The third-order valence-corrected chi connectivity index (χ3v) is 4.19. The molecule has 1 aliphatic rings. The van der Waals surface area contributed by atoms with Gasteiger partial charge < -0.3 is 14.6 Å². The zero-order valence-corrected chi connectivity index (χ0v) is 14.1. The maximum Gasteiger partial charge on any atom is 0.411 e. The molecular formula is C20H23NO4. The minimum absolute atomic E-state index is 0.0808. The molecule has 3 rings (SSSR count). The number of ether oxygens (including phenoxy) is 2. The van der Waals surface area contributed by atoms with Gasteiger partial charge in [0.15, 0.2) is 0 Å². The first-order valence-electron chi connectivity index (χ1n) is 8.62. The van der Waals surface area contributed by atoms with E-state index >= 15 is 0 Å². The topological polar surface area (TPSA) is 67.8 Å². The van der Waals surface area contributed by atoms with E-state index in [-0.39, 0.29) is 13.2 Å². The van der Waals surface area contributed by atoms with Crippen molar-refractivity contribution in [3.63, 3.8) is 0 Å². The molecule has 1 atom stereocenters. The van der Waals surface area contributed by atoms with Gasteiger partial charge in [-0.1, -0.05) is 24.3 Å². The molecule has 25 heavy (non-hydrogen) atoms. The van der Waals surface area contributed by atoms with E-state index in [4.69, 9.17) is 9.47 Å². The molecule has 0 heterocycles. The smallest absolute Gasteiger partial charge is 0.411 e. The van der Waals surface area contributed by atoms with Crippen molar-refractivity contribution in [1.82, 2.24) is 0 Å². The number of carbonyl (C=O) groups is 1. The van der Waals surface area contributed by atoms with Gasteiger partial charge in [0.25, 0.3) is 0 Å². The molecule has 2 aromatic carbocycles. The summed E-state index contributed by atoms with van der Waals surface area (Å²) in [6.07, 6.45) is 3.19. The van der Waals surface area contributed by atoms with Crippen LogP contribution in [0.4, 0.5) is 10.5 Å². The third-order valence-electron chi connectivity index (χ3n) is 4.19. The predicted octanol–water partition coefficient (Wildman–Crippen LogP) is 3.55. The van der Waals surface area contributed by atoms with E-state index in [2.05, 4.69) is 11.4 Å². The van der Waals surface area contributed by atoms with Crippen LogP contribution >= 0.6 is 0 Å². The van der Waals surface area contributed by atoms with E-state index in [0.29, 0.717) is 5.69 Å². The fourth-order valence-electron chi connectivity index (χ4n) is 2.89. The van der Waals surface area contributed by atoms with Gasteiger partial charge in [-0.2, -0.15) is 0 Å². The number of hydrogen-bond acceptors (Lipinski definition) is 4. The molecule has 5 nitrogen and oxygen atoms in total. The number of aliphatic hydroxyl groups is 1. The number of anilines is 1. The van der Waals surface area contributed by atoms with Gasteiger partial charge in [-0.15, -0.1) is 0 Å². The van der Waals surface area contributed by atoms with Gasteiger partial charge in [-0.3, -0.25) is 5.32 Å². The highest BCUT2D eigenvalue weighted by Gasteiger charge is 2.12. The van der Waals surface area contributed by atoms with Gasteiger partial charge in [-0.05, 0) is 61.1 Å². The zero-order chi connectivity index (χ0) is 17.5. The molecule has 0 spiro atoms. The molecule has 132 valence electrons. The van der Waals surface area contributed by atoms with Crippen LogP contribution in [-0.4, -0.2) is 30.5 Å². The van der Waals surface area contributed by atoms with Crippen molar-refractivity contribution in [2.75, 3.05) is 18.5 Å². The monoisotopic (exact) mass is 341 g/mol. The van der Waals surface area contributed by atoms with E-state index in [1.807, 2.05) is 30.3 Å². The first kappa shape index (κ1) is 17.3. The summed E-state index contributed by atoms with van der Waals surface area (Å²) in [5, 5.41) is 12.5. The van der Waals surface area contributed by atoms with E-state index < -0.39 is 12.2 Å². The van der Waals surface area contributed by atoms with Gasteiger partial charge in [0, 0.05) is 5.69 Å². The van der Waals surface area contributed by atoms with Crippen molar-refractivity contribution in [2.24, 2.45) is 0 Å². The summed E-state index contributed by atoms with van der Waals surface area (Å²) < 4.78 is 10.6. The minimum atomic E-state index is -0.877. The van der Waals surface area contributed by atoms with Crippen LogP contribution < -0.4 is 10.1 Å². The fraction of sp³-hybridized carbons (Fsp3) is 0.350. The summed E-state index contributed by atoms with van der Waals surface area (Å²) in [5.74, 6) is 0.744. The standard InChI is InChI=1S/C20H23NO4/c22-18(14-25-20(23)21-17-8-2-1-3-9-17)13-24-19-11-10-15-6-4-5-7-16(15)12-19/h1-3,8-12,18,22H,4-7,13-14H2,(H,21,23). The Hall–Kier alpha value is -2.53. The Balaban J connectivity index is 1.40. The van der Waals surface area contributed by atoms with Gasteiger partial charge >= 0.3 is 6.09 Å². The van der Waals surface area contributed by atoms with Crippen molar-refractivity contribution in [2.45, 2.75) is 31.8 Å². The highest BCUT2D eigenvalue weighted by atomic mass is 16.6. The third kappa shape index (κ3) is 5.22. The normalized spacial score (nSPS) is 14.3. The van der Waals surface area contributed by atoms with Crippen molar-refractivity contribution in [3.05, 3.63) is 59.7 Å². The Kier molecular flexibility index (Phi) is 5.90. The zero-order valence-electron chi connectivity index (χ0n) is 14.1. The van der Waals surface area contributed by atoms with Crippen LogP contribution in [-0.2, 0) is 17.6 Å². The lowest BCUT2D eigenvalue weighted by Gasteiger charge is -2.18. The number of para-hydroxylation sites is 1. The second kappa shape index (κ2) is 8.53. The second-order valence-electron chi connectivity index (χ2n) is 6.19. The SMILES string of the molecule is O=C(Nc1ccccc1)OCC(O)COc1ccc2c(c1)CCCC2. The lowest BCUT2D eigenvalue weighted by atomic mass is 9.92. The van der Waals surface area contributed by atoms with Crippen molar-refractivity contribution in [3.8, 4) is 5.75 Å². The highest BCUT2D eigenvalue weighted by Crippen LogP contribution is 2.25. The summed E-state index contributed by atoms with van der Waals surface area (Å²) in [4.78, 5) is 11.7. The van der Waals surface area contributed by atoms with Crippen molar-refractivity contribution < 1.29 is 19.4 Å². The number of fused-ring (bicyclic) bond motifs is 1. The van der Waals surface area contributed by atoms with Crippen LogP contribution in [0.15, 0.2) is 48.5 Å². The molecule has 0 radical (unpaired) electrons. The first-order chi connectivity index (χ1) is 12.2. The van der Waals surface area contributed by atoms with Crippen LogP contribution in [0, 0.1) is 0 Å². The number of nitrogens with one attached hydrogen (secondary N) is 1. The number of hydrogen-bond donors (Lipinski definition) is 2. The Labute approximate surface area is 147 Å². The molecular weight excluding hydrogens is 318 g/mol. The molecule has 1 aliphatic carbocycles. The molecule has 0 aliphatic heterocycles. The van der Waals surface area contributed by atoms with Gasteiger partial charge in [0.2, 0.25) is 0 Å². The lowest BCUT2D eigenvalue weighted by molar-refractivity contribution is 0.0434. The Bertz CT molecular complexity index is 702. The molecule has 2 N–H and O–H groups in total. The van der Waals surface area contributed by atoms with Crippen LogP contribution in [0.3, 0.4) is 0 Å². The number of benzene rings is 2. The predicted molar refractivity (Wildman–Crippen MR) is 96.0 cm³/mol.